The molecule has 2 aliphatic heterocycles. The van der Waals surface area contributed by atoms with E-state index in [1.165, 1.54) is 4.88 Å². The smallest absolute Gasteiger partial charge is 0.191 e. The number of ether oxygens (including phenoxy) is 1. The molecule has 4 heterocycles. The molecule has 0 aromatic carbocycles. The minimum Gasteiger partial charge on any atom is -0.379 e. The van der Waals surface area contributed by atoms with Crippen molar-refractivity contribution < 1.29 is 4.74 Å². The number of thiophene rings is 1. The van der Waals surface area contributed by atoms with E-state index in [2.05, 4.69) is 54.7 Å². The van der Waals surface area contributed by atoms with E-state index in [9.17, 15) is 0 Å². The zero-order valence-electron chi connectivity index (χ0n) is 16.4. The van der Waals surface area contributed by atoms with Gasteiger partial charge in [0, 0.05) is 44.0 Å². The van der Waals surface area contributed by atoms with Crippen molar-refractivity contribution in [1.29, 1.82) is 0 Å². The summed E-state index contributed by atoms with van der Waals surface area (Å²) in [7, 11) is 0. The third-order valence-electron chi connectivity index (χ3n) is 5.23. The summed E-state index contributed by atoms with van der Waals surface area (Å²) in [6.45, 7) is 8.80. The van der Waals surface area contributed by atoms with Gasteiger partial charge in [-0.05, 0) is 24.8 Å². The zero-order chi connectivity index (χ0) is 19.2. The van der Waals surface area contributed by atoms with Gasteiger partial charge in [-0.15, -0.1) is 21.5 Å². The topological polar surface area (TPSA) is 79.6 Å². The fourth-order valence-corrected chi connectivity index (χ4v) is 4.65. The molecule has 1 saturated heterocycles. The van der Waals surface area contributed by atoms with Crippen molar-refractivity contribution in [2.75, 3.05) is 39.4 Å². The van der Waals surface area contributed by atoms with E-state index in [1.807, 2.05) is 11.3 Å². The second-order valence-corrected chi connectivity index (χ2v) is 8.02. The Morgan fingerprint density at radius 1 is 1.29 bits per heavy atom. The largest absolute Gasteiger partial charge is 0.379 e. The van der Waals surface area contributed by atoms with Crippen molar-refractivity contribution in [3.8, 4) is 0 Å². The van der Waals surface area contributed by atoms with Crippen LogP contribution in [-0.2, 0) is 24.2 Å². The molecule has 0 radical (unpaired) electrons. The number of rotatable bonds is 7. The van der Waals surface area contributed by atoms with E-state index in [-0.39, 0.29) is 0 Å². The highest BCUT2D eigenvalue weighted by atomic mass is 32.1. The van der Waals surface area contributed by atoms with Crippen LogP contribution in [0.25, 0.3) is 0 Å². The van der Waals surface area contributed by atoms with Crippen LogP contribution < -0.4 is 10.6 Å². The van der Waals surface area contributed by atoms with Crippen LogP contribution in [0.1, 0.15) is 35.9 Å². The average molecular weight is 404 g/mol. The number of aryl methyl sites for hydroxylation is 1. The highest BCUT2D eigenvalue weighted by Gasteiger charge is 2.24. The highest BCUT2D eigenvalue weighted by molar-refractivity contribution is 7.10. The monoisotopic (exact) mass is 403 g/mol. The van der Waals surface area contributed by atoms with Crippen LogP contribution in [0.4, 0.5) is 0 Å². The lowest BCUT2D eigenvalue weighted by Crippen LogP contribution is -2.46. The molecule has 28 heavy (non-hydrogen) atoms. The van der Waals surface area contributed by atoms with E-state index in [0.29, 0.717) is 12.6 Å². The first kappa shape index (κ1) is 19.4. The van der Waals surface area contributed by atoms with Gasteiger partial charge in [0.25, 0.3) is 0 Å². The Kier molecular flexibility index (Phi) is 6.56. The number of aliphatic imine (C=N–C) groups is 1. The molecule has 1 atom stereocenters. The standard InChI is InChI=1S/C19H29N7OS/c1-2-20-19(22-14-18-24-23-17-6-3-7-26(17)18)21-13-15(16-5-4-12-28-16)25-8-10-27-11-9-25/h4-5,12,15H,2-3,6-11,13-14H2,1H3,(H2,20,21,22). The summed E-state index contributed by atoms with van der Waals surface area (Å²) in [6, 6.07) is 4.67. The van der Waals surface area contributed by atoms with E-state index >= 15 is 0 Å². The van der Waals surface area contributed by atoms with E-state index in [1.54, 1.807) is 0 Å². The SMILES string of the molecule is CCNC(=NCc1nnc2n1CCC2)NCC(c1cccs1)N1CCOCC1. The first-order valence-corrected chi connectivity index (χ1v) is 11.0. The fourth-order valence-electron chi connectivity index (χ4n) is 3.79. The second kappa shape index (κ2) is 9.49. The average Bonchev–Trinajstić information content (AvgIpc) is 3.46. The molecule has 0 saturated carbocycles. The van der Waals surface area contributed by atoms with Crippen molar-refractivity contribution in [3.05, 3.63) is 34.0 Å². The molecule has 0 aliphatic carbocycles. The number of hydrogen-bond donors (Lipinski definition) is 2. The molecule has 0 bridgehead atoms. The number of morpholine rings is 1. The van der Waals surface area contributed by atoms with Crippen molar-refractivity contribution in [1.82, 2.24) is 30.3 Å². The highest BCUT2D eigenvalue weighted by Crippen LogP contribution is 2.25. The lowest BCUT2D eigenvalue weighted by Gasteiger charge is -2.34. The van der Waals surface area contributed by atoms with Crippen LogP contribution in [0.2, 0.25) is 0 Å². The van der Waals surface area contributed by atoms with E-state index in [4.69, 9.17) is 9.73 Å². The number of aromatic nitrogens is 3. The Balaban J connectivity index is 1.42. The van der Waals surface area contributed by atoms with Gasteiger partial charge in [-0.1, -0.05) is 6.07 Å². The summed E-state index contributed by atoms with van der Waals surface area (Å²) < 4.78 is 7.74. The third kappa shape index (κ3) is 4.53. The minimum atomic E-state index is 0.324. The van der Waals surface area contributed by atoms with Gasteiger partial charge < -0.3 is 19.9 Å². The molecule has 152 valence electrons. The fraction of sp³-hybridized carbons (Fsp3) is 0.632. The molecule has 8 nitrogen and oxygen atoms in total. The first-order chi connectivity index (χ1) is 13.8. The Bertz CT molecular complexity index is 767. The summed E-state index contributed by atoms with van der Waals surface area (Å²) >= 11 is 1.81. The number of nitrogens with one attached hydrogen (secondary N) is 2. The molecule has 9 heteroatoms. The Hall–Kier alpha value is -1.97. The van der Waals surface area contributed by atoms with Crippen molar-refractivity contribution in [2.45, 2.75) is 38.9 Å². The van der Waals surface area contributed by atoms with Crippen molar-refractivity contribution in [3.63, 3.8) is 0 Å². The molecule has 1 unspecified atom stereocenters. The van der Waals surface area contributed by atoms with Gasteiger partial charge in [0.2, 0.25) is 0 Å². The van der Waals surface area contributed by atoms with Crippen molar-refractivity contribution >= 4 is 17.3 Å². The van der Waals surface area contributed by atoms with Crippen molar-refractivity contribution in [2.24, 2.45) is 4.99 Å². The lowest BCUT2D eigenvalue weighted by atomic mass is 10.2. The summed E-state index contributed by atoms with van der Waals surface area (Å²) in [5, 5.41) is 17.6. The number of guanidine groups is 1. The first-order valence-electron chi connectivity index (χ1n) is 10.1. The maximum Gasteiger partial charge on any atom is 0.191 e. The van der Waals surface area contributed by atoms with Crippen LogP contribution >= 0.6 is 11.3 Å². The molecular weight excluding hydrogens is 374 g/mol. The van der Waals surface area contributed by atoms with Gasteiger partial charge >= 0.3 is 0 Å². The molecule has 0 amide bonds. The maximum absolute atomic E-state index is 5.54. The van der Waals surface area contributed by atoms with Gasteiger partial charge in [-0.25, -0.2) is 4.99 Å². The Morgan fingerprint density at radius 2 is 2.18 bits per heavy atom. The van der Waals surface area contributed by atoms with Gasteiger partial charge in [-0.3, -0.25) is 4.90 Å². The van der Waals surface area contributed by atoms with Gasteiger partial charge in [0.1, 0.15) is 12.4 Å². The second-order valence-electron chi connectivity index (χ2n) is 7.04. The molecule has 2 N–H and O–H groups in total. The van der Waals surface area contributed by atoms with E-state index in [0.717, 1.165) is 76.4 Å². The van der Waals surface area contributed by atoms with Gasteiger partial charge in [0.15, 0.2) is 11.8 Å². The quantitative estimate of drug-likeness (QED) is 0.538. The van der Waals surface area contributed by atoms with Crippen LogP contribution in [0.5, 0.6) is 0 Å². The summed E-state index contributed by atoms with van der Waals surface area (Å²) in [5.74, 6) is 2.87. The van der Waals surface area contributed by atoms with Crippen LogP contribution in [0.15, 0.2) is 22.5 Å². The summed E-state index contributed by atoms with van der Waals surface area (Å²) in [4.78, 5) is 8.64. The zero-order valence-corrected chi connectivity index (χ0v) is 17.2. The van der Waals surface area contributed by atoms with Gasteiger partial charge in [0.05, 0.1) is 19.3 Å². The molecule has 4 rings (SSSR count). The minimum absolute atomic E-state index is 0.324. The summed E-state index contributed by atoms with van der Waals surface area (Å²) in [6.07, 6.45) is 2.18. The molecule has 2 aromatic rings. The number of hydrogen-bond acceptors (Lipinski definition) is 6. The Morgan fingerprint density at radius 3 is 2.96 bits per heavy atom. The molecule has 2 aromatic heterocycles. The summed E-state index contributed by atoms with van der Waals surface area (Å²) in [5.41, 5.74) is 0. The number of nitrogens with zero attached hydrogens (tertiary/aromatic N) is 5. The maximum atomic E-state index is 5.54. The molecule has 0 spiro atoms. The van der Waals surface area contributed by atoms with Crippen LogP contribution in [0.3, 0.4) is 0 Å². The normalized spacial score (nSPS) is 18.8. The van der Waals surface area contributed by atoms with Crippen LogP contribution in [0, 0.1) is 0 Å². The Labute approximate surface area is 170 Å². The van der Waals surface area contributed by atoms with E-state index < -0.39 is 0 Å². The van der Waals surface area contributed by atoms with Gasteiger partial charge in [-0.2, -0.15) is 0 Å². The van der Waals surface area contributed by atoms with Crippen LogP contribution in [-0.4, -0.2) is 65.0 Å². The third-order valence-corrected chi connectivity index (χ3v) is 6.20. The molecule has 1 fully saturated rings. The molecular formula is C19H29N7OS. The molecule has 2 aliphatic rings. The predicted octanol–water partition coefficient (Wildman–Crippen LogP) is 1.41. The lowest BCUT2D eigenvalue weighted by molar-refractivity contribution is 0.0177. The number of fused-ring (bicyclic) bond motifs is 1. The predicted molar refractivity (Wildman–Crippen MR) is 111 cm³/mol.